The number of unbranched alkanes of at least 4 members (excludes halogenated alkanes) is 3. The predicted molar refractivity (Wildman–Crippen MR) is 97.2 cm³/mol. The molecule has 0 aromatic carbocycles. The molecule has 0 aromatic heterocycles. The van der Waals surface area contributed by atoms with E-state index >= 15 is 0 Å². The normalized spacial score (nSPS) is 30.0. The number of hydrogen-bond donors (Lipinski definition) is 5. The Labute approximate surface area is 164 Å². The number of carbonyl (C=O) groups is 1. The minimum absolute atomic E-state index is 0.0939. The fourth-order valence-electron chi connectivity index (χ4n) is 2.75. The molecule has 0 spiro atoms. The van der Waals surface area contributed by atoms with Crippen molar-refractivity contribution in [1.82, 2.24) is 5.32 Å². The van der Waals surface area contributed by atoms with Crippen molar-refractivity contribution in [1.29, 1.82) is 0 Å². The molecular formula is C16H32NO10P. The number of hydrogen-bond acceptors (Lipinski definition) is 9. The number of ether oxygens (including phenoxy) is 2. The maximum absolute atomic E-state index is 11.3. The molecule has 0 aliphatic carbocycles. The first kappa shape index (κ1) is 25.4. The van der Waals surface area contributed by atoms with E-state index in [-0.39, 0.29) is 19.8 Å². The van der Waals surface area contributed by atoms with Gasteiger partial charge >= 0.3 is 7.82 Å². The van der Waals surface area contributed by atoms with E-state index in [0.29, 0.717) is 12.8 Å². The second-order valence-electron chi connectivity index (χ2n) is 6.44. The number of aliphatic hydroxyl groups is 3. The Morgan fingerprint density at radius 1 is 1.11 bits per heavy atom. The van der Waals surface area contributed by atoms with E-state index in [4.69, 9.17) is 14.0 Å². The van der Waals surface area contributed by atoms with Gasteiger partial charge in [0.05, 0.1) is 19.8 Å². The molecule has 0 radical (unpaired) electrons. The van der Waals surface area contributed by atoms with Crippen molar-refractivity contribution in [3.05, 3.63) is 0 Å². The van der Waals surface area contributed by atoms with Crippen LogP contribution in [0.25, 0.3) is 0 Å². The summed E-state index contributed by atoms with van der Waals surface area (Å²) >= 11 is 0. The van der Waals surface area contributed by atoms with E-state index in [2.05, 4.69) is 9.84 Å². The Morgan fingerprint density at radius 3 is 2.32 bits per heavy atom. The number of amides is 1. The summed E-state index contributed by atoms with van der Waals surface area (Å²) < 4.78 is 31.7. The first-order valence-corrected chi connectivity index (χ1v) is 10.8. The SMILES string of the molecule is CCOP(=O)(O)OCCCCCCO[C@@H]1OC(CO)[C@H](O)C(O)C1NC(C)=O. The lowest BCUT2D eigenvalue weighted by Crippen LogP contribution is -2.64. The lowest BCUT2D eigenvalue weighted by atomic mass is 9.97. The minimum Gasteiger partial charge on any atom is -0.394 e. The van der Waals surface area contributed by atoms with Crippen molar-refractivity contribution in [2.45, 2.75) is 70.2 Å². The highest BCUT2D eigenvalue weighted by Gasteiger charge is 2.45. The van der Waals surface area contributed by atoms with E-state index in [1.807, 2.05) is 0 Å². The molecule has 1 aliphatic heterocycles. The summed E-state index contributed by atoms with van der Waals surface area (Å²) in [5.74, 6) is -0.413. The molecule has 1 rings (SSSR count). The van der Waals surface area contributed by atoms with E-state index in [1.54, 1.807) is 6.92 Å². The molecule has 0 saturated carbocycles. The number of aliphatic hydroxyl groups excluding tert-OH is 3. The summed E-state index contributed by atoms with van der Waals surface area (Å²) in [7, 11) is -3.95. The van der Waals surface area contributed by atoms with Crippen LogP contribution < -0.4 is 5.32 Å². The Hall–Kier alpha value is -0.620. The third kappa shape index (κ3) is 8.81. The van der Waals surface area contributed by atoms with Crippen molar-refractivity contribution < 1.29 is 48.1 Å². The van der Waals surface area contributed by atoms with Crippen LogP contribution in [0.4, 0.5) is 0 Å². The van der Waals surface area contributed by atoms with Crippen LogP contribution >= 0.6 is 7.82 Å². The zero-order chi connectivity index (χ0) is 21.2. The van der Waals surface area contributed by atoms with E-state index in [0.717, 1.165) is 12.8 Å². The van der Waals surface area contributed by atoms with Gasteiger partial charge in [0.1, 0.15) is 24.4 Å². The molecule has 11 nitrogen and oxygen atoms in total. The average molecular weight is 429 g/mol. The van der Waals surface area contributed by atoms with Crippen molar-refractivity contribution in [3.63, 3.8) is 0 Å². The monoisotopic (exact) mass is 429 g/mol. The van der Waals surface area contributed by atoms with Gasteiger partial charge in [-0.05, 0) is 19.8 Å². The summed E-state index contributed by atoms with van der Waals surface area (Å²) in [6, 6.07) is -0.957. The Bertz CT molecular complexity index is 508. The highest BCUT2D eigenvalue weighted by Crippen LogP contribution is 2.42. The first-order valence-electron chi connectivity index (χ1n) is 9.34. The fraction of sp³-hybridized carbons (Fsp3) is 0.938. The van der Waals surface area contributed by atoms with Crippen LogP contribution in [0.5, 0.6) is 0 Å². The van der Waals surface area contributed by atoms with E-state index in [1.165, 1.54) is 6.92 Å². The van der Waals surface area contributed by atoms with Crippen LogP contribution in [-0.2, 0) is 27.9 Å². The molecule has 1 amide bonds. The summed E-state index contributed by atoms with van der Waals surface area (Å²) in [4.78, 5) is 20.6. The molecule has 12 heteroatoms. The van der Waals surface area contributed by atoms with Gasteiger partial charge in [0.15, 0.2) is 6.29 Å². The van der Waals surface area contributed by atoms with Gasteiger partial charge in [0, 0.05) is 13.5 Å². The summed E-state index contributed by atoms with van der Waals surface area (Å²) in [5.41, 5.74) is 0. The average Bonchev–Trinajstić information content (AvgIpc) is 2.62. The van der Waals surface area contributed by atoms with Crippen molar-refractivity contribution in [2.24, 2.45) is 0 Å². The third-order valence-corrected chi connectivity index (χ3v) is 5.21. The third-order valence-electron chi connectivity index (χ3n) is 4.12. The van der Waals surface area contributed by atoms with Crippen molar-refractivity contribution >= 4 is 13.7 Å². The minimum atomic E-state index is -3.95. The van der Waals surface area contributed by atoms with E-state index in [9.17, 15) is 29.6 Å². The van der Waals surface area contributed by atoms with Crippen LogP contribution in [0.1, 0.15) is 39.5 Å². The molecule has 1 fully saturated rings. The number of phosphoric acid groups is 1. The second-order valence-corrected chi connectivity index (χ2v) is 7.89. The van der Waals surface area contributed by atoms with Crippen molar-refractivity contribution in [3.8, 4) is 0 Å². The van der Waals surface area contributed by atoms with Gasteiger partial charge in [-0.25, -0.2) is 4.57 Å². The first-order chi connectivity index (χ1) is 13.2. The van der Waals surface area contributed by atoms with Crippen LogP contribution in [-0.4, -0.2) is 83.2 Å². The summed E-state index contributed by atoms with van der Waals surface area (Å²) in [5, 5.41) is 31.8. The van der Waals surface area contributed by atoms with Crippen LogP contribution in [0, 0.1) is 0 Å². The largest absolute Gasteiger partial charge is 0.472 e. The highest BCUT2D eigenvalue weighted by molar-refractivity contribution is 7.47. The number of phosphoric ester groups is 1. The van der Waals surface area contributed by atoms with Crippen molar-refractivity contribution in [2.75, 3.05) is 26.4 Å². The lowest BCUT2D eigenvalue weighted by Gasteiger charge is -2.42. The molecule has 0 aromatic rings. The van der Waals surface area contributed by atoms with Crippen LogP contribution in [0.2, 0.25) is 0 Å². The standard InChI is InChI=1S/C16H32NO10P/c1-3-25-28(22,23)26-9-7-5-4-6-8-24-16-13(17-11(2)19)15(21)14(20)12(10-18)27-16/h12-16,18,20-21H,3-10H2,1-2H3,(H,17,19)(H,22,23)/t12?,13?,14-,15?,16+/m0/s1. The summed E-state index contributed by atoms with van der Waals surface area (Å²) in [6.45, 7) is 2.83. The molecule has 0 bridgehead atoms. The second kappa shape index (κ2) is 12.8. The molecular weight excluding hydrogens is 397 g/mol. The zero-order valence-corrected chi connectivity index (χ0v) is 17.1. The Kier molecular flexibility index (Phi) is 11.7. The fourth-order valence-corrected chi connectivity index (χ4v) is 3.51. The Balaban J connectivity index is 2.31. The van der Waals surface area contributed by atoms with Crippen LogP contribution in [0.15, 0.2) is 0 Å². The molecule has 4 unspecified atom stereocenters. The zero-order valence-electron chi connectivity index (χ0n) is 16.2. The molecule has 1 saturated heterocycles. The topological polar surface area (TPSA) is 164 Å². The number of rotatable bonds is 13. The van der Waals surface area contributed by atoms with Gasteiger partial charge in [0.25, 0.3) is 0 Å². The van der Waals surface area contributed by atoms with E-state index < -0.39 is 51.0 Å². The molecule has 6 atom stereocenters. The van der Waals surface area contributed by atoms with Crippen LogP contribution in [0.3, 0.4) is 0 Å². The maximum Gasteiger partial charge on any atom is 0.472 e. The van der Waals surface area contributed by atoms with Gasteiger partial charge in [-0.3, -0.25) is 13.8 Å². The quantitative estimate of drug-likeness (QED) is 0.193. The maximum atomic E-state index is 11.3. The molecule has 5 N–H and O–H groups in total. The summed E-state index contributed by atoms with van der Waals surface area (Å²) in [6.07, 6.45) is -2.01. The highest BCUT2D eigenvalue weighted by atomic mass is 31.2. The smallest absolute Gasteiger partial charge is 0.394 e. The molecule has 1 heterocycles. The molecule has 166 valence electrons. The van der Waals surface area contributed by atoms with Gasteiger partial charge in [-0.2, -0.15) is 0 Å². The number of nitrogens with one attached hydrogen (secondary N) is 1. The predicted octanol–water partition coefficient (Wildman–Crippen LogP) is -0.339. The Morgan fingerprint density at radius 2 is 1.75 bits per heavy atom. The lowest BCUT2D eigenvalue weighted by molar-refractivity contribution is -0.270. The number of carbonyl (C=O) groups excluding carboxylic acids is 1. The van der Waals surface area contributed by atoms with Gasteiger partial charge < -0.3 is 35.0 Å². The van der Waals surface area contributed by atoms with Gasteiger partial charge in [-0.1, -0.05) is 12.8 Å². The molecule has 28 heavy (non-hydrogen) atoms. The van der Waals surface area contributed by atoms with Gasteiger partial charge in [-0.15, -0.1) is 0 Å². The molecule has 1 aliphatic rings. The van der Waals surface area contributed by atoms with Gasteiger partial charge in [0.2, 0.25) is 5.91 Å².